The summed E-state index contributed by atoms with van der Waals surface area (Å²) >= 11 is 0. The number of aromatic amines is 1. The number of carboxylic acids is 1. The zero-order valence-corrected chi connectivity index (χ0v) is 18.7. The molecular weight excluding hydrogens is 446 g/mol. The van der Waals surface area contributed by atoms with E-state index in [9.17, 15) is 9.90 Å². The Balaban J connectivity index is 0.00000259. The van der Waals surface area contributed by atoms with Gasteiger partial charge in [0, 0.05) is 6.07 Å². The largest absolute Gasteiger partial charge is 0.490 e. The Morgan fingerprint density at radius 3 is 2.64 bits per heavy atom. The molecule has 3 N–H and O–H groups in total. The molecule has 0 radical (unpaired) electrons. The van der Waals surface area contributed by atoms with Crippen LogP contribution >= 0.6 is 12.4 Å². The number of nitrogens with one attached hydrogen (secondary N) is 2. The highest BCUT2D eigenvalue weighted by molar-refractivity contribution is 5.85. The molecule has 1 aromatic heterocycles. The van der Waals surface area contributed by atoms with Crippen LogP contribution in [0.2, 0.25) is 0 Å². The zero-order chi connectivity index (χ0) is 21.9. The molecule has 0 bridgehead atoms. The predicted molar refractivity (Wildman–Crippen MR) is 123 cm³/mol. The molecule has 33 heavy (non-hydrogen) atoms. The molecule has 5 rings (SSSR count). The van der Waals surface area contributed by atoms with Gasteiger partial charge in [0.2, 0.25) is 5.82 Å². The van der Waals surface area contributed by atoms with Crippen molar-refractivity contribution in [1.29, 1.82) is 0 Å². The number of hydrogen-bond acceptors (Lipinski definition) is 7. The van der Waals surface area contributed by atoms with E-state index in [-0.39, 0.29) is 18.5 Å². The maximum atomic E-state index is 11.4. The number of aromatic nitrogens is 4. The van der Waals surface area contributed by atoms with E-state index in [1.54, 1.807) is 0 Å². The minimum absolute atomic E-state index is 0. The molecule has 3 aromatic rings. The minimum atomic E-state index is -0.781. The molecule has 0 spiro atoms. The first-order valence-corrected chi connectivity index (χ1v) is 10.9. The van der Waals surface area contributed by atoms with E-state index in [0.29, 0.717) is 35.6 Å². The summed E-state index contributed by atoms with van der Waals surface area (Å²) in [6.07, 6.45) is 3.37. The van der Waals surface area contributed by atoms with E-state index in [0.717, 1.165) is 37.1 Å². The smallest absolute Gasteiger partial charge is 0.320 e. The highest BCUT2D eigenvalue weighted by Crippen LogP contribution is 2.40. The number of piperidine rings is 1. The Hall–Kier alpha value is -3.17. The lowest BCUT2D eigenvalue weighted by atomic mass is 9.72. The monoisotopic (exact) mass is 471 g/mol. The third kappa shape index (κ3) is 5.26. The van der Waals surface area contributed by atoms with Crippen LogP contribution in [0.4, 0.5) is 0 Å². The Labute approximate surface area is 197 Å². The van der Waals surface area contributed by atoms with Crippen molar-refractivity contribution in [2.24, 2.45) is 11.8 Å². The second-order valence-electron chi connectivity index (χ2n) is 8.42. The summed E-state index contributed by atoms with van der Waals surface area (Å²) in [6.45, 7) is 0.753. The molecule has 1 saturated heterocycles. The van der Waals surface area contributed by atoms with E-state index in [4.69, 9.17) is 9.47 Å². The number of aliphatic carboxylic acids is 1. The number of tetrazole rings is 1. The number of halogens is 1. The van der Waals surface area contributed by atoms with Crippen LogP contribution in [0.1, 0.15) is 25.7 Å². The van der Waals surface area contributed by atoms with Crippen LogP contribution in [0.5, 0.6) is 17.2 Å². The first-order valence-electron chi connectivity index (χ1n) is 10.9. The number of H-pyrrole nitrogens is 1. The highest BCUT2D eigenvalue weighted by atomic mass is 35.5. The summed E-state index contributed by atoms with van der Waals surface area (Å²) in [5, 5.41) is 26.9. The lowest BCUT2D eigenvalue weighted by molar-refractivity contribution is -0.141. The van der Waals surface area contributed by atoms with E-state index < -0.39 is 12.0 Å². The predicted octanol–water partition coefficient (Wildman–Crippen LogP) is 3.69. The fourth-order valence-corrected chi connectivity index (χ4v) is 4.74. The summed E-state index contributed by atoms with van der Waals surface area (Å²) in [5.74, 6) is 2.51. The van der Waals surface area contributed by atoms with Crippen LogP contribution in [-0.4, -0.2) is 50.4 Å². The SMILES string of the molecule is Cl.O=C(O)[C@@H]1C[C@H]2C[C@@H](Oc3cc(Oc4ccccc4)ccc3-c3nn[nH]n3)CC[C@H]2CN1. The van der Waals surface area contributed by atoms with Gasteiger partial charge in [-0.2, -0.15) is 5.21 Å². The molecule has 4 atom stereocenters. The average Bonchev–Trinajstić information content (AvgIpc) is 3.34. The highest BCUT2D eigenvalue weighted by Gasteiger charge is 2.38. The second-order valence-corrected chi connectivity index (χ2v) is 8.42. The molecule has 1 saturated carbocycles. The molecule has 1 aliphatic carbocycles. The molecule has 1 aliphatic heterocycles. The van der Waals surface area contributed by atoms with Gasteiger partial charge in [0.15, 0.2) is 0 Å². The van der Waals surface area contributed by atoms with Crippen molar-refractivity contribution >= 4 is 18.4 Å². The van der Waals surface area contributed by atoms with Crippen molar-refractivity contribution < 1.29 is 19.4 Å². The van der Waals surface area contributed by atoms with Crippen LogP contribution < -0.4 is 14.8 Å². The topological polar surface area (TPSA) is 122 Å². The molecule has 10 heteroatoms. The Bertz CT molecular complexity index is 1070. The fourth-order valence-electron chi connectivity index (χ4n) is 4.74. The molecule has 0 unspecified atom stereocenters. The summed E-state index contributed by atoms with van der Waals surface area (Å²) < 4.78 is 12.5. The lowest BCUT2D eigenvalue weighted by Crippen LogP contribution is -2.50. The normalized spacial score (nSPS) is 24.2. The van der Waals surface area contributed by atoms with Crippen LogP contribution in [0.15, 0.2) is 48.5 Å². The van der Waals surface area contributed by atoms with Crippen molar-refractivity contribution in [3.63, 3.8) is 0 Å². The first kappa shape index (κ1) is 23.0. The standard InChI is InChI=1S/C23H25N5O4.ClH/c29-23(30)20-11-15-10-17(7-6-14(15)13-24-20)32-21-12-18(31-16-4-2-1-3-5-16)8-9-19(21)22-25-27-28-26-22;/h1-5,8-9,12,14-15,17,20,24H,6-7,10-11,13H2,(H,29,30)(H,25,26,27,28);1H/t14-,15+,17-,20-;/m0./s1. The number of carbonyl (C=O) groups is 1. The van der Waals surface area contributed by atoms with Crippen molar-refractivity contribution in [3.8, 4) is 28.6 Å². The van der Waals surface area contributed by atoms with Crippen molar-refractivity contribution in [1.82, 2.24) is 25.9 Å². The minimum Gasteiger partial charge on any atom is -0.490 e. The average molecular weight is 472 g/mol. The van der Waals surface area contributed by atoms with Crippen LogP contribution in [0, 0.1) is 11.8 Å². The van der Waals surface area contributed by atoms with Gasteiger partial charge in [-0.1, -0.05) is 18.2 Å². The number of para-hydroxylation sites is 1. The molecule has 2 aliphatic rings. The summed E-state index contributed by atoms with van der Waals surface area (Å²) in [4.78, 5) is 11.4. The van der Waals surface area contributed by atoms with Gasteiger partial charge in [-0.05, 0) is 73.5 Å². The first-order chi connectivity index (χ1) is 15.7. The number of rotatable bonds is 6. The number of hydrogen-bond donors (Lipinski definition) is 3. The molecule has 2 aromatic carbocycles. The Morgan fingerprint density at radius 1 is 1.03 bits per heavy atom. The third-order valence-corrected chi connectivity index (χ3v) is 6.37. The van der Waals surface area contributed by atoms with Gasteiger partial charge in [-0.15, -0.1) is 22.6 Å². The number of benzene rings is 2. The van der Waals surface area contributed by atoms with E-state index >= 15 is 0 Å². The van der Waals surface area contributed by atoms with Crippen LogP contribution in [0.3, 0.4) is 0 Å². The summed E-state index contributed by atoms with van der Waals surface area (Å²) in [6, 6.07) is 14.7. The number of fused-ring (bicyclic) bond motifs is 1. The van der Waals surface area contributed by atoms with Gasteiger partial charge >= 0.3 is 5.97 Å². The Kier molecular flexibility index (Phi) is 7.10. The number of carboxylic acid groups (broad SMARTS) is 1. The molecule has 2 heterocycles. The van der Waals surface area contributed by atoms with E-state index in [2.05, 4.69) is 25.9 Å². The van der Waals surface area contributed by atoms with Gasteiger partial charge in [0.1, 0.15) is 23.3 Å². The van der Waals surface area contributed by atoms with Gasteiger partial charge in [0.25, 0.3) is 0 Å². The van der Waals surface area contributed by atoms with Gasteiger partial charge < -0.3 is 19.9 Å². The molecule has 9 nitrogen and oxygen atoms in total. The Morgan fingerprint density at radius 2 is 1.88 bits per heavy atom. The molecule has 2 fully saturated rings. The number of ether oxygens (including phenoxy) is 2. The van der Waals surface area contributed by atoms with Gasteiger partial charge in [0.05, 0.1) is 11.7 Å². The summed E-state index contributed by atoms with van der Waals surface area (Å²) in [5.41, 5.74) is 0.731. The van der Waals surface area contributed by atoms with Crippen molar-refractivity contribution in [2.75, 3.05) is 6.54 Å². The van der Waals surface area contributed by atoms with Gasteiger partial charge in [-0.25, -0.2) is 0 Å². The number of nitrogens with zero attached hydrogens (tertiary/aromatic N) is 3. The van der Waals surface area contributed by atoms with Crippen LogP contribution in [0.25, 0.3) is 11.4 Å². The third-order valence-electron chi connectivity index (χ3n) is 6.37. The zero-order valence-electron chi connectivity index (χ0n) is 17.9. The lowest BCUT2D eigenvalue weighted by Gasteiger charge is -2.41. The quantitative estimate of drug-likeness (QED) is 0.497. The second kappa shape index (κ2) is 10.2. The van der Waals surface area contributed by atoms with Crippen molar-refractivity contribution in [3.05, 3.63) is 48.5 Å². The molecule has 174 valence electrons. The maximum Gasteiger partial charge on any atom is 0.320 e. The van der Waals surface area contributed by atoms with Crippen LogP contribution in [-0.2, 0) is 4.79 Å². The molecule has 0 amide bonds. The van der Waals surface area contributed by atoms with Crippen molar-refractivity contribution in [2.45, 2.75) is 37.8 Å². The van der Waals surface area contributed by atoms with Gasteiger partial charge in [-0.3, -0.25) is 4.79 Å². The fraction of sp³-hybridized carbons (Fsp3) is 0.391. The van der Waals surface area contributed by atoms with E-state index in [1.165, 1.54) is 0 Å². The van der Waals surface area contributed by atoms with E-state index in [1.807, 2.05) is 48.5 Å². The summed E-state index contributed by atoms with van der Waals surface area (Å²) in [7, 11) is 0. The maximum absolute atomic E-state index is 11.4. The molecular formula is C23H26ClN5O4.